The minimum Gasteiger partial charge on any atom is -0.457 e. The number of hydrogen-bond donors (Lipinski definition) is 0. The first kappa shape index (κ1) is 52.5. The number of pyridine rings is 1. The third kappa shape index (κ3) is 9.01. The molecule has 7 nitrogen and oxygen atoms in total. The maximum Gasteiger partial charge on any atom is 0.149 e. The van der Waals surface area contributed by atoms with Crippen LogP contribution in [-0.2, 0) is 0 Å². The van der Waals surface area contributed by atoms with Crippen LogP contribution in [-0.4, -0.2) is 24.1 Å². The highest BCUT2D eigenvalue weighted by Crippen LogP contribution is 2.47. The van der Waals surface area contributed by atoms with Gasteiger partial charge in [-0.1, -0.05) is 152 Å². The van der Waals surface area contributed by atoms with Crippen LogP contribution in [0, 0.1) is 13.8 Å². The van der Waals surface area contributed by atoms with Gasteiger partial charge in [-0.05, 0) is 201 Å². The van der Waals surface area contributed by atoms with Gasteiger partial charge in [-0.25, -0.2) is 9.97 Å². The van der Waals surface area contributed by atoms with Crippen molar-refractivity contribution < 1.29 is 9.15 Å². The van der Waals surface area contributed by atoms with E-state index < -0.39 is 0 Å². The summed E-state index contributed by atoms with van der Waals surface area (Å²) in [6.45, 7) is 22.5. The maximum atomic E-state index is 7.29. The zero-order valence-electron chi connectivity index (χ0n) is 49.4. The maximum absolute atomic E-state index is 7.29. The smallest absolute Gasteiger partial charge is 0.149 e. The first-order chi connectivity index (χ1) is 40.7. The summed E-state index contributed by atoms with van der Waals surface area (Å²) in [5, 5.41) is 6.43. The molecule has 0 aliphatic rings. The van der Waals surface area contributed by atoms with Gasteiger partial charge in [-0.3, -0.25) is 14.1 Å². The molecule has 0 spiro atoms. The third-order valence-corrected chi connectivity index (χ3v) is 16.9. The molecule has 0 atom stereocenters. The summed E-state index contributed by atoms with van der Waals surface area (Å²) in [6, 6.07) is 71.9. The summed E-state index contributed by atoms with van der Waals surface area (Å²) >= 11 is 0. The summed E-state index contributed by atoms with van der Waals surface area (Å²) in [4.78, 5) is 15.9. The fourth-order valence-electron chi connectivity index (χ4n) is 12.8. The first-order valence-corrected chi connectivity index (χ1v) is 29.7. The Labute approximate surface area is 490 Å². The molecule has 10 aromatic carbocycles. The summed E-state index contributed by atoms with van der Waals surface area (Å²) in [5.74, 6) is 3.79. The molecule has 4 heterocycles. The van der Waals surface area contributed by atoms with Crippen LogP contribution in [0.15, 0.2) is 205 Å². The van der Waals surface area contributed by atoms with E-state index in [9.17, 15) is 0 Å². The van der Waals surface area contributed by atoms with Crippen LogP contribution in [0.25, 0.3) is 122 Å². The average Bonchev–Trinajstić information content (AvgIpc) is 1.73. The van der Waals surface area contributed by atoms with Crippen molar-refractivity contribution in [3.63, 3.8) is 0 Å². The van der Waals surface area contributed by atoms with Gasteiger partial charge in [0.2, 0.25) is 0 Å². The normalized spacial score (nSPS) is 12.1. The van der Waals surface area contributed by atoms with Gasteiger partial charge in [0.05, 0.1) is 39.0 Å². The summed E-state index contributed by atoms with van der Waals surface area (Å²) in [5.41, 5.74) is 21.4. The molecule has 0 amide bonds. The lowest BCUT2D eigenvalue weighted by Crippen LogP contribution is -2.09. The molecule has 0 aliphatic carbocycles. The van der Waals surface area contributed by atoms with Crippen LogP contribution < -0.4 is 4.74 Å². The number of fused-ring (bicyclic) bond motifs is 7. The Morgan fingerprint density at radius 3 is 1.45 bits per heavy atom. The van der Waals surface area contributed by atoms with E-state index in [2.05, 4.69) is 272 Å². The lowest BCUT2D eigenvalue weighted by atomic mass is 9.88. The third-order valence-electron chi connectivity index (χ3n) is 16.9. The largest absolute Gasteiger partial charge is 0.457 e. The molecular weight excluding hydrogens is 1030 g/mol. The van der Waals surface area contributed by atoms with E-state index >= 15 is 0 Å². The lowest BCUT2D eigenvalue weighted by molar-refractivity contribution is 0.483. The Morgan fingerprint density at radius 2 is 0.881 bits per heavy atom. The second kappa shape index (κ2) is 20.7. The van der Waals surface area contributed by atoms with Gasteiger partial charge in [0.15, 0.2) is 0 Å². The Hall–Kier alpha value is -9.59. The van der Waals surface area contributed by atoms with Crippen LogP contribution in [0.3, 0.4) is 0 Å². The predicted octanol–water partition coefficient (Wildman–Crippen LogP) is 21.5. The molecule has 0 saturated carbocycles. The summed E-state index contributed by atoms with van der Waals surface area (Å²) < 4.78 is 19.3. The number of nitrogens with zero attached hydrogens (tertiary/aromatic N) is 5. The predicted molar refractivity (Wildman–Crippen MR) is 350 cm³/mol. The highest BCUT2D eigenvalue weighted by molar-refractivity contribution is 6.15. The lowest BCUT2D eigenvalue weighted by Gasteiger charge is -2.24. The van der Waals surface area contributed by atoms with Crippen molar-refractivity contribution in [1.82, 2.24) is 24.1 Å². The second-order valence-electron chi connectivity index (χ2n) is 24.1. The van der Waals surface area contributed by atoms with E-state index in [1.54, 1.807) is 0 Å². The molecule has 412 valence electrons. The van der Waals surface area contributed by atoms with Gasteiger partial charge in [-0.15, -0.1) is 0 Å². The second-order valence-corrected chi connectivity index (χ2v) is 24.1. The standard InChI is InChI=1S/C77H67N5O2/c1-44(2)60-35-54(50-22-13-11-14-23-50)36-61(45(3)4)73(60)81-70-30-19-17-28-68(70)79-76(81)52-26-21-27-58(34-52)83-59-42-66-65-40-56-39-64-49(10)78-48(9)32-57(64)33-53(56)41-72(65)84-75(66)67(43-59)77-80-69-29-18-20-31-71(69)82(77)74-62(46(5)6)37-55(38-63(74)47(7)8)51-24-15-12-16-25-51/h11-47H,1-10H3. The van der Waals surface area contributed by atoms with Crippen molar-refractivity contribution in [3.8, 4) is 67.9 Å². The molecule has 0 bridgehead atoms. The van der Waals surface area contributed by atoms with Crippen molar-refractivity contribution in [1.29, 1.82) is 0 Å². The van der Waals surface area contributed by atoms with Crippen molar-refractivity contribution in [3.05, 3.63) is 234 Å². The summed E-state index contributed by atoms with van der Waals surface area (Å²) in [7, 11) is 0. The number of rotatable bonds is 12. The van der Waals surface area contributed by atoms with Crippen molar-refractivity contribution in [2.45, 2.75) is 92.9 Å². The topological polar surface area (TPSA) is 70.9 Å². The SMILES string of the molecule is Cc1cc2cc3cc4oc5c(-c6nc7ccccc7n6-c6c(C(C)C)cc(-c7ccccc7)cc6C(C)C)cc(Oc6cccc(-c7nc8ccccc8n7-c7c(C(C)C)cc(-c8ccccc8)cc7C(C)C)c6)cc5c4cc3cc2c(C)n1. The highest BCUT2D eigenvalue weighted by Gasteiger charge is 2.28. The van der Waals surface area contributed by atoms with E-state index in [4.69, 9.17) is 24.1 Å². The fraction of sp³-hybridized carbons (Fsp3) is 0.182. The van der Waals surface area contributed by atoms with Crippen LogP contribution in [0.5, 0.6) is 11.5 Å². The molecule has 14 rings (SSSR count). The molecule has 4 aromatic heterocycles. The zero-order valence-corrected chi connectivity index (χ0v) is 49.4. The molecule has 0 N–H and O–H groups in total. The van der Waals surface area contributed by atoms with Gasteiger partial charge < -0.3 is 9.15 Å². The van der Waals surface area contributed by atoms with Crippen molar-refractivity contribution in [2.24, 2.45) is 0 Å². The molecular formula is C77H67N5O2. The van der Waals surface area contributed by atoms with E-state index in [-0.39, 0.29) is 23.7 Å². The fourth-order valence-corrected chi connectivity index (χ4v) is 12.8. The van der Waals surface area contributed by atoms with E-state index in [0.29, 0.717) is 11.5 Å². The van der Waals surface area contributed by atoms with Gasteiger partial charge >= 0.3 is 0 Å². The number of aromatic nitrogens is 5. The molecule has 84 heavy (non-hydrogen) atoms. The number of imidazole rings is 2. The van der Waals surface area contributed by atoms with Crippen molar-refractivity contribution >= 4 is 65.6 Å². The number of benzene rings is 10. The zero-order chi connectivity index (χ0) is 57.7. The monoisotopic (exact) mass is 1090 g/mol. The van der Waals surface area contributed by atoms with Gasteiger partial charge in [0.25, 0.3) is 0 Å². The Kier molecular flexibility index (Phi) is 12.9. The van der Waals surface area contributed by atoms with E-state index in [0.717, 1.165) is 105 Å². The number of para-hydroxylation sites is 4. The minimum absolute atomic E-state index is 0.185. The number of furan rings is 1. The van der Waals surface area contributed by atoms with Gasteiger partial charge in [0, 0.05) is 33.1 Å². The minimum atomic E-state index is 0.185. The molecule has 7 heteroatoms. The van der Waals surface area contributed by atoms with Crippen LogP contribution in [0.1, 0.15) is 113 Å². The van der Waals surface area contributed by atoms with Crippen LogP contribution in [0.4, 0.5) is 0 Å². The Balaban J connectivity index is 0.993. The summed E-state index contributed by atoms with van der Waals surface area (Å²) in [6.07, 6.45) is 0. The number of aryl methyl sites for hydroxylation is 2. The molecule has 0 saturated heterocycles. The van der Waals surface area contributed by atoms with Crippen LogP contribution >= 0.6 is 0 Å². The number of hydrogen-bond acceptors (Lipinski definition) is 5. The molecule has 0 fully saturated rings. The van der Waals surface area contributed by atoms with E-state index in [1.165, 1.54) is 50.2 Å². The highest BCUT2D eigenvalue weighted by atomic mass is 16.5. The molecule has 0 unspecified atom stereocenters. The Bertz CT molecular complexity index is 4840. The quantitative estimate of drug-likeness (QED) is 0.114. The molecule has 0 radical (unpaired) electrons. The average molecular weight is 1090 g/mol. The van der Waals surface area contributed by atoms with E-state index in [1.807, 2.05) is 6.07 Å². The molecule has 0 aliphatic heterocycles. The Morgan fingerprint density at radius 1 is 0.381 bits per heavy atom. The first-order valence-electron chi connectivity index (χ1n) is 29.7. The van der Waals surface area contributed by atoms with Gasteiger partial charge in [-0.2, -0.15) is 0 Å². The van der Waals surface area contributed by atoms with Crippen molar-refractivity contribution in [2.75, 3.05) is 0 Å². The van der Waals surface area contributed by atoms with Gasteiger partial charge in [0.1, 0.15) is 34.3 Å². The number of ether oxygens (including phenoxy) is 1. The molecule has 14 aromatic rings. The van der Waals surface area contributed by atoms with Crippen LogP contribution in [0.2, 0.25) is 0 Å².